The Bertz CT molecular complexity index is 1530. The van der Waals surface area contributed by atoms with Gasteiger partial charge in [0, 0.05) is 49.6 Å². The molecule has 1 fully saturated rings. The standard InChI is InChI=1S/C29H30ClN5O6/c1-16-18(7-6-10-22(16)32-26(38)21-15-34(2)29(40)35(3)28(21)39)19-8-5-9-20(25(19)30)23-12-11-17(27(33-23)41-4)13-31-14-24(36)37/h5-12,21,31H,13-15H2,1-4H3,(H,32,38)(H,36,37). The average Bonchev–Trinajstić information content (AvgIpc) is 2.95. The minimum absolute atomic E-state index is 0.00861. The van der Waals surface area contributed by atoms with Crippen molar-refractivity contribution < 1.29 is 29.0 Å². The maximum atomic E-state index is 13.1. The van der Waals surface area contributed by atoms with Gasteiger partial charge in [-0.1, -0.05) is 48.0 Å². The lowest BCUT2D eigenvalue weighted by Crippen LogP contribution is -2.56. The third-order valence-corrected chi connectivity index (χ3v) is 7.30. The zero-order chi connectivity index (χ0) is 29.8. The van der Waals surface area contributed by atoms with Crippen LogP contribution in [0.5, 0.6) is 5.88 Å². The van der Waals surface area contributed by atoms with Gasteiger partial charge >= 0.3 is 12.0 Å². The van der Waals surface area contributed by atoms with E-state index >= 15 is 0 Å². The topological polar surface area (TPSA) is 141 Å². The molecule has 4 amide bonds. The third-order valence-electron chi connectivity index (χ3n) is 6.90. The van der Waals surface area contributed by atoms with Crippen LogP contribution in [0.2, 0.25) is 5.02 Å². The summed E-state index contributed by atoms with van der Waals surface area (Å²) in [5, 5.41) is 15.0. The number of anilines is 1. The number of carboxylic acids is 1. The molecule has 1 atom stereocenters. The number of rotatable bonds is 9. The SMILES string of the molecule is COc1nc(-c2cccc(-c3cccc(NC(=O)C4CN(C)C(=O)N(C)C4=O)c3C)c2Cl)ccc1CNCC(=O)O. The van der Waals surface area contributed by atoms with Crippen LogP contribution in [-0.2, 0) is 20.9 Å². The number of ether oxygens (including phenoxy) is 1. The number of carboxylic acid groups (broad SMARTS) is 1. The van der Waals surface area contributed by atoms with Gasteiger partial charge in [-0.2, -0.15) is 0 Å². The number of amides is 4. The van der Waals surface area contributed by atoms with Crippen molar-refractivity contribution >= 4 is 41.1 Å². The third kappa shape index (κ3) is 6.16. The number of nitrogens with zero attached hydrogens (tertiary/aromatic N) is 3. The molecule has 214 valence electrons. The lowest BCUT2D eigenvalue weighted by molar-refractivity contribution is -0.140. The first kappa shape index (κ1) is 29.5. The maximum Gasteiger partial charge on any atom is 0.326 e. The number of urea groups is 1. The van der Waals surface area contributed by atoms with Crippen LogP contribution in [0.15, 0.2) is 48.5 Å². The second-order valence-corrected chi connectivity index (χ2v) is 9.99. The monoisotopic (exact) mass is 579 g/mol. The van der Waals surface area contributed by atoms with Crippen LogP contribution in [0.25, 0.3) is 22.4 Å². The van der Waals surface area contributed by atoms with E-state index in [0.717, 1.165) is 16.0 Å². The Balaban J connectivity index is 1.62. The summed E-state index contributed by atoms with van der Waals surface area (Å²) in [4.78, 5) is 55.4. The zero-order valence-corrected chi connectivity index (χ0v) is 23.8. The van der Waals surface area contributed by atoms with Crippen LogP contribution in [0.4, 0.5) is 10.5 Å². The molecule has 1 aliphatic rings. The molecule has 3 aromatic rings. The quantitative estimate of drug-likeness (QED) is 0.326. The van der Waals surface area contributed by atoms with Gasteiger partial charge in [0.1, 0.15) is 5.92 Å². The van der Waals surface area contributed by atoms with Gasteiger partial charge < -0.3 is 25.4 Å². The first-order valence-corrected chi connectivity index (χ1v) is 13.1. The van der Waals surface area contributed by atoms with Gasteiger partial charge in [0.05, 0.1) is 24.4 Å². The van der Waals surface area contributed by atoms with E-state index in [4.69, 9.17) is 21.4 Å². The number of nitrogens with one attached hydrogen (secondary N) is 2. The number of benzene rings is 2. The molecule has 1 aliphatic heterocycles. The van der Waals surface area contributed by atoms with Crippen LogP contribution < -0.4 is 15.4 Å². The van der Waals surface area contributed by atoms with Gasteiger partial charge in [-0.15, -0.1) is 0 Å². The Labute approximate surface area is 242 Å². The average molecular weight is 580 g/mol. The van der Waals surface area contributed by atoms with E-state index in [1.165, 1.54) is 19.1 Å². The molecular formula is C29H30ClN5O6. The highest BCUT2D eigenvalue weighted by molar-refractivity contribution is 6.36. The summed E-state index contributed by atoms with van der Waals surface area (Å²) in [5.74, 6) is -2.70. The normalized spacial score (nSPS) is 15.2. The van der Waals surface area contributed by atoms with Gasteiger partial charge in [0.15, 0.2) is 0 Å². The molecule has 1 unspecified atom stereocenters. The summed E-state index contributed by atoms with van der Waals surface area (Å²) in [6.45, 7) is 1.91. The van der Waals surface area contributed by atoms with E-state index in [1.54, 1.807) is 31.3 Å². The highest BCUT2D eigenvalue weighted by atomic mass is 35.5. The van der Waals surface area contributed by atoms with Crippen molar-refractivity contribution in [2.24, 2.45) is 5.92 Å². The highest BCUT2D eigenvalue weighted by Gasteiger charge is 2.39. The number of imide groups is 1. The summed E-state index contributed by atoms with van der Waals surface area (Å²) < 4.78 is 5.44. The van der Waals surface area contributed by atoms with Crippen molar-refractivity contribution in [3.05, 3.63) is 64.7 Å². The van der Waals surface area contributed by atoms with Crippen LogP contribution in [0, 0.1) is 12.8 Å². The predicted molar refractivity (Wildman–Crippen MR) is 154 cm³/mol. The van der Waals surface area contributed by atoms with Crippen LogP contribution in [0.3, 0.4) is 0 Å². The lowest BCUT2D eigenvalue weighted by Gasteiger charge is -2.33. The Hall–Kier alpha value is -4.48. The molecule has 12 heteroatoms. The number of hydrogen-bond donors (Lipinski definition) is 3. The number of carbonyl (C=O) groups excluding carboxylic acids is 3. The molecule has 0 spiro atoms. The Morgan fingerprint density at radius 2 is 1.76 bits per heavy atom. The molecular weight excluding hydrogens is 550 g/mol. The minimum Gasteiger partial charge on any atom is -0.481 e. The highest BCUT2D eigenvalue weighted by Crippen LogP contribution is 2.39. The van der Waals surface area contributed by atoms with Gasteiger partial charge in [0.25, 0.3) is 0 Å². The van der Waals surface area contributed by atoms with Crippen LogP contribution in [-0.4, -0.2) is 78.0 Å². The Kier molecular flexibility index (Phi) is 8.89. The fraction of sp³-hybridized carbons (Fsp3) is 0.276. The largest absolute Gasteiger partial charge is 0.481 e. The van der Waals surface area contributed by atoms with Crippen LogP contribution >= 0.6 is 11.6 Å². The van der Waals surface area contributed by atoms with Crippen LogP contribution in [0.1, 0.15) is 11.1 Å². The number of aliphatic carboxylic acids is 1. The molecule has 0 saturated carbocycles. The summed E-state index contributed by atoms with van der Waals surface area (Å²) in [7, 11) is 4.39. The summed E-state index contributed by atoms with van der Waals surface area (Å²) in [5.41, 5.74) is 4.66. The van der Waals surface area contributed by atoms with E-state index in [-0.39, 0.29) is 19.6 Å². The molecule has 0 radical (unpaired) electrons. The van der Waals surface area contributed by atoms with Crippen molar-refractivity contribution in [2.75, 3.05) is 39.6 Å². The van der Waals surface area contributed by atoms with E-state index in [1.807, 2.05) is 31.2 Å². The fourth-order valence-corrected chi connectivity index (χ4v) is 4.99. The second-order valence-electron chi connectivity index (χ2n) is 9.61. The fourth-order valence-electron chi connectivity index (χ4n) is 4.66. The lowest BCUT2D eigenvalue weighted by atomic mass is 9.96. The molecule has 2 heterocycles. The van der Waals surface area contributed by atoms with E-state index in [2.05, 4.69) is 15.6 Å². The number of hydrogen-bond acceptors (Lipinski definition) is 7. The van der Waals surface area contributed by atoms with Crippen molar-refractivity contribution in [1.29, 1.82) is 0 Å². The van der Waals surface area contributed by atoms with E-state index < -0.39 is 29.7 Å². The maximum absolute atomic E-state index is 13.1. The predicted octanol–water partition coefficient (Wildman–Crippen LogP) is 3.64. The summed E-state index contributed by atoms with van der Waals surface area (Å²) in [6, 6.07) is 14.1. The van der Waals surface area contributed by atoms with Crippen molar-refractivity contribution in [2.45, 2.75) is 13.5 Å². The smallest absolute Gasteiger partial charge is 0.326 e. The molecule has 1 saturated heterocycles. The Morgan fingerprint density at radius 3 is 2.46 bits per heavy atom. The molecule has 0 bridgehead atoms. The van der Waals surface area contributed by atoms with Crippen molar-refractivity contribution in [1.82, 2.24) is 20.1 Å². The minimum atomic E-state index is -1.03. The van der Waals surface area contributed by atoms with E-state index in [9.17, 15) is 19.2 Å². The number of carbonyl (C=O) groups is 4. The first-order valence-electron chi connectivity index (χ1n) is 12.7. The van der Waals surface area contributed by atoms with Crippen molar-refractivity contribution in [3.8, 4) is 28.3 Å². The zero-order valence-electron chi connectivity index (χ0n) is 23.0. The number of pyridine rings is 1. The van der Waals surface area contributed by atoms with Crippen molar-refractivity contribution in [3.63, 3.8) is 0 Å². The molecule has 0 aliphatic carbocycles. The van der Waals surface area contributed by atoms with Gasteiger partial charge in [-0.25, -0.2) is 9.78 Å². The van der Waals surface area contributed by atoms with E-state index in [0.29, 0.717) is 39.0 Å². The number of methoxy groups -OCH3 is 1. The van der Waals surface area contributed by atoms with Gasteiger partial charge in [0.2, 0.25) is 17.7 Å². The summed E-state index contributed by atoms with van der Waals surface area (Å²) >= 11 is 6.91. The summed E-state index contributed by atoms with van der Waals surface area (Å²) in [6.07, 6.45) is 0. The first-order chi connectivity index (χ1) is 19.5. The molecule has 3 N–H and O–H groups in total. The number of aromatic nitrogens is 1. The second kappa shape index (κ2) is 12.4. The van der Waals surface area contributed by atoms with Gasteiger partial charge in [-0.3, -0.25) is 19.3 Å². The number of halogens is 1. The molecule has 1 aromatic heterocycles. The molecule has 41 heavy (non-hydrogen) atoms. The molecule has 2 aromatic carbocycles. The molecule has 4 rings (SSSR count). The van der Waals surface area contributed by atoms with Gasteiger partial charge in [-0.05, 0) is 30.2 Å². The molecule has 11 nitrogen and oxygen atoms in total. The Morgan fingerprint density at radius 1 is 1.07 bits per heavy atom.